The maximum Gasteiger partial charge on any atom is 0.338 e. The maximum atomic E-state index is 10.5. The van der Waals surface area contributed by atoms with Gasteiger partial charge in [0.25, 0.3) is 0 Å². The number of rotatable bonds is 4. The van der Waals surface area contributed by atoms with E-state index in [2.05, 4.69) is 0 Å². The number of hydrogen-bond acceptors (Lipinski definition) is 3. The van der Waals surface area contributed by atoms with Gasteiger partial charge in [-0.2, -0.15) is 10.5 Å². The second-order valence-electron chi connectivity index (χ2n) is 2.54. The lowest BCUT2D eigenvalue weighted by Gasteiger charge is -2.11. The third-order valence-electron chi connectivity index (χ3n) is 1.65. The molecule has 0 amide bonds. The van der Waals surface area contributed by atoms with E-state index in [1.165, 1.54) is 12.1 Å². The van der Waals surface area contributed by atoms with E-state index in [1.807, 2.05) is 6.92 Å². The summed E-state index contributed by atoms with van der Waals surface area (Å²) in [5.41, 5.74) is -1.84. The van der Waals surface area contributed by atoms with Crippen LogP contribution < -0.4 is 0 Å². The molecule has 0 aromatic carbocycles. The topological polar surface area (TPSA) is 84.9 Å². The summed E-state index contributed by atoms with van der Waals surface area (Å²) in [6.07, 6.45) is 1.46. The summed E-state index contributed by atoms with van der Waals surface area (Å²) in [6, 6.07) is 3.08. The van der Waals surface area contributed by atoms with E-state index < -0.39 is 11.4 Å². The molecule has 0 saturated heterocycles. The lowest BCUT2D eigenvalue weighted by molar-refractivity contribution is -0.143. The lowest BCUT2D eigenvalue weighted by Crippen LogP contribution is -2.27. The third kappa shape index (κ3) is 1.96. The Bertz CT molecular complexity index is 233. The van der Waals surface area contributed by atoms with Gasteiger partial charge in [-0.1, -0.05) is 19.8 Å². The monoisotopic (exact) mass is 166 g/mol. The van der Waals surface area contributed by atoms with E-state index >= 15 is 0 Å². The van der Waals surface area contributed by atoms with E-state index in [9.17, 15) is 4.79 Å². The van der Waals surface area contributed by atoms with Gasteiger partial charge in [-0.3, -0.25) is 0 Å². The Balaban J connectivity index is 4.54. The standard InChI is InChI=1S/C8H10N2O2/c1-2-3-4-8(5-9,6-10)7(11)12/h2-4H2,1H3,(H,11,12). The highest BCUT2D eigenvalue weighted by atomic mass is 16.4. The minimum absolute atomic E-state index is 0.103. The molecule has 0 heterocycles. The predicted octanol–water partition coefficient (Wildman–Crippen LogP) is 1.29. The summed E-state index contributed by atoms with van der Waals surface area (Å²) in [6.45, 7) is 1.88. The first kappa shape index (κ1) is 10.4. The van der Waals surface area contributed by atoms with Gasteiger partial charge in [0.2, 0.25) is 5.41 Å². The molecule has 1 N–H and O–H groups in total. The van der Waals surface area contributed by atoms with Crippen LogP contribution >= 0.6 is 0 Å². The predicted molar refractivity (Wildman–Crippen MR) is 40.8 cm³/mol. The fraction of sp³-hybridized carbons (Fsp3) is 0.625. The smallest absolute Gasteiger partial charge is 0.338 e. The molecule has 0 aromatic rings. The van der Waals surface area contributed by atoms with Crippen molar-refractivity contribution < 1.29 is 9.90 Å². The van der Waals surface area contributed by atoms with Crippen LogP contribution in [0.5, 0.6) is 0 Å². The van der Waals surface area contributed by atoms with Gasteiger partial charge < -0.3 is 5.11 Å². The second kappa shape index (κ2) is 4.35. The first-order valence-electron chi connectivity index (χ1n) is 3.69. The zero-order valence-corrected chi connectivity index (χ0v) is 6.87. The molecule has 0 radical (unpaired) electrons. The molecule has 0 aromatic heterocycles. The summed E-state index contributed by atoms with van der Waals surface area (Å²) >= 11 is 0. The molecule has 4 heteroatoms. The molecule has 0 saturated carbocycles. The molecular formula is C8H10N2O2. The van der Waals surface area contributed by atoms with Crippen LogP contribution in [0.3, 0.4) is 0 Å². The van der Waals surface area contributed by atoms with Gasteiger partial charge in [-0.25, -0.2) is 4.79 Å². The Morgan fingerprint density at radius 1 is 1.50 bits per heavy atom. The molecule has 0 aliphatic rings. The van der Waals surface area contributed by atoms with Crippen molar-refractivity contribution in [3.63, 3.8) is 0 Å². The minimum Gasteiger partial charge on any atom is -0.479 e. The number of nitriles is 2. The van der Waals surface area contributed by atoms with Crippen LogP contribution in [0.4, 0.5) is 0 Å². The first-order chi connectivity index (χ1) is 5.63. The van der Waals surface area contributed by atoms with Crippen molar-refractivity contribution in [2.75, 3.05) is 0 Å². The highest BCUT2D eigenvalue weighted by molar-refractivity contribution is 5.81. The average Bonchev–Trinajstić information content (AvgIpc) is 2.07. The highest BCUT2D eigenvalue weighted by Gasteiger charge is 2.38. The largest absolute Gasteiger partial charge is 0.479 e. The normalized spacial score (nSPS) is 9.92. The van der Waals surface area contributed by atoms with Crippen molar-refractivity contribution in [2.45, 2.75) is 26.2 Å². The Kier molecular flexibility index (Phi) is 3.79. The van der Waals surface area contributed by atoms with Crippen molar-refractivity contribution in [1.29, 1.82) is 10.5 Å². The SMILES string of the molecule is CCCCC(C#N)(C#N)C(=O)O. The van der Waals surface area contributed by atoms with E-state index in [-0.39, 0.29) is 6.42 Å². The van der Waals surface area contributed by atoms with Crippen molar-refractivity contribution >= 4 is 5.97 Å². The molecule has 0 unspecified atom stereocenters. The summed E-state index contributed by atoms with van der Waals surface area (Å²) < 4.78 is 0. The van der Waals surface area contributed by atoms with Crippen molar-refractivity contribution in [3.8, 4) is 12.1 Å². The first-order valence-corrected chi connectivity index (χ1v) is 3.69. The van der Waals surface area contributed by atoms with Gasteiger partial charge in [0.05, 0.1) is 12.1 Å². The van der Waals surface area contributed by atoms with Gasteiger partial charge in [0, 0.05) is 0 Å². The molecule has 0 atom stereocenters. The molecule has 0 rings (SSSR count). The zero-order valence-electron chi connectivity index (χ0n) is 6.87. The van der Waals surface area contributed by atoms with Crippen LogP contribution in [0.2, 0.25) is 0 Å². The Labute approximate surface area is 71.0 Å². The zero-order chi connectivity index (χ0) is 9.61. The molecule has 0 aliphatic heterocycles. The fourth-order valence-electron chi connectivity index (χ4n) is 0.781. The van der Waals surface area contributed by atoms with Crippen LogP contribution in [0.15, 0.2) is 0 Å². The minimum atomic E-state index is -1.84. The number of aliphatic carboxylic acids is 1. The average molecular weight is 166 g/mol. The third-order valence-corrected chi connectivity index (χ3v) is 1.65. The molecule has 0 aliphatic carbocycles. The second-order valence-corrected chi connectivity index (χ2v) is 2.54. The van der Waals surface area contributed by atoms with Crippen LogP contribution in [-0.2, 0) is 4.79 Å². The molecule has 12 heavy (non-hydrogen) atoms. The van der Waals surface area contributed by atoms with Crippen LogP contribution in [0.1, 0.15) is 26.2 Å². The summed E-state index contributed by atoms with van der Waals surface area (Å²) in [4.78, 5) is 10.5. The number of hydrogen-bond donors (Lipinski definition) is 1. The van der Waals surface area contributed by atoms with E-state index in [4.69, 9.17) is 15.6 Å². The number of carboxylic acid groups (broad SMARTS) is 1. The number of unbranched alkanes of at least 4 members (excludes halogenated alkanes) is 1. The lowest BCUT2D eigenvalue weighted by atomic mass is 9.86. The molecule has 4 nitrogen and oxygen atoms in total. The number of carboxylic acids is 1. The number of carbonyl (C=O) groups is 1. The van der Waals surface area contributed by atoms with Crippen molar-refractivity contribution in [1.82, 2.24) is 0 Å². The molecule has 0 spiro atoms. The van der Waals surface area contributed by atoms with Gasteiger partial charge in [0.1, 0.15) is 0 Å². The van der Waals surface area contributed by atoms with E-state index in [1.54, 1.807) is 0 Å². The molecule has 0 fully saturated rings. The molecule has 64 valence electrons. The molecule has 0 bridgehead atoms. The Morgan fingerprint density at radius 2 is 2.00 bits per heavy atom. The van der Waals surface area contributed by atoms with Crippen molar-refractivity contribution in [3.05, 3.63) is 0 Å². The summed E-state index contributed by atoms with van der Waals surface area (Å²) in [7, 11) is 0. The summed E-state index contributed by atoms with van der Waals surface area (Å²) in [5.74, 6) is -1.35. The van der Waals surface area contributed by atoms with Crippen LogP contribution in [0.25, 0.3) is 0 Å². The Hall–Kier alpha value is -1.55. The fourth-order valence-corrected chi connectivity index (χ4v) is 0.781. The van der Waals surface area contributed by atoms with Gasteiger partial charge in [0.15, 0.2) is 0 Å². The van der Waals surface area contributed by atoms with E-state index in [0.29, 0.717) is 6.42 Å². The van der Waals surface area contributed by atoms with Crippen LogP contribution in [-0.4, -0.2) is 11.1 Å². The highest BCUT2D eigenvalue weighted by Crippen LogP contribution is 2.22. The van der Waals surface area contributed by atoms with Crippen molar-refractivity contribution in [2.24, 2.45) is 5.41 Å². The molecular weight excluding hydrogens is 156 g/mol. The Morgan fingerprint density at radius 3 is 2.25 bits per heavy atom. The van der Waals surface area contributed by atoms with Gasteiger partial charge in [-0.05, 0) is 6.42 Å². The van der Waals surface area contributed by atoms with E-state index in [0.717, 1.165) is 6.42 Å². The van der Waals surface area contributed by atoms with Gasteiger partial charge in [-0.15, -0.1) is 0 Å². The number of nitrogens with zero attached hydrogens (tertiary/aromatic N) is 2. The quantitative estimate of drug-likeness (QED) is 0.681. The summed E-state index contributed by atoms with van der Waals surface area (Å²) in [5, 5.41) is 25.6. The maximum absolute atomic E-state index is 10.5. The van der Waals surface area contributed by atoms with Crippen LogP contribution in [0, 0.1) is 28.1 Å². The van der Waals surface area contributed by atoms with Gasteiger partial charge >= 0.3 is 5.97 Å².